The first-order valence-electron chi connectivity index (χ1n) is 5.37. The van der Waals surface area contributed by atoms with Gasteiger partial charge in [-0.15, -0.1) is 0 Å². The standard InChI is InChI=1S/C11H13BrN2O3/c1-8-6-11(14(15)16)10(7-9(8)12)13-2-4-17-5-3-13/h6-7H,2-5H2,1H3. The topological polar surface area (TPSA) is 55.6 Å². The highest BCUT2D eigenvalue weighted by molar-refractivity contribution is 9.10. The molecule has 92 valence electrons. The van der Waals surface area contributed by atoms with Crippen LogP contribution in [0.1, 0.15) is 5.56 Å². The van der Waals surface area contributed by atoms with Crippen LogP contribution < -0.4 is 4.90 Å². The van der Waals surface area contributed by atoms with Crippen LogP contribution in [0.5, 0.6) is 0 Å². The fourth-order valence-electron chi connectivity index (χ4n) is 1.86. The molecule has 6 heteroatoms. The van der Waals surface area contributed by atoms with E-state index < -0.39 is 0 Å². The molecule has 1 fully saturated rings. The number of nitro benzene ring substituents is 1. The Bertz CT molecular complexity index is 445. The third kappa shape index (κ3) is 2.58. The molecule has 0 aromatic heterocycles. The molecule has 0 unspecified atom stereocenters. The summed E-state index contributed by atoms with van der Waals surface area (Å²) in [6.45, 7) is 4.46. The second-order valence-corrected chi connectivity index (χ2v) is 4.80. The van der Waals surface area contributed by atoms with Gasteiger partial charge in [-0.25, -0.2) is 0 Å². The van der Waals surface area contributed by atoms with Gasteiger partial charge >= 0.3 is 0 Å². The van der Waals surface area contributed by atoms with Gasteiger partial charge in [0.05, 0.1) is 18.1 Å². The number of aryl methyl sites for hydroxylation is 1. The number of hydrogen-bond donors (Lipinski definition) is 0. The van der Waals surface area contributed by atoms with Crippen LogP contribution in [-0.4, -0.2) is 31.2 Å². The van der Waals surface area contributed by atoms with E-state index in [2.05, 4.69) is 15.9 Å². The zero-order valence-corrected chi connectivity index (χ0v) is 11.1. The zero-order chi connectivity index (χ0) is 12.4. The monoisotopic (exact) mass is 300 g/mol. The van der Waals surface area contributed by atoms with Gasteiger partial charge in [0.15, 0.2) is 0 Å². The lowest BCUT2D eigenvalue weighted by atomic mass is 10.1. The van der Waals surface area contributed by atoms with Crippen molar-refractivity contribution in [1.29, 1.82) is 0 Å². The van der Waals surface area contributed by atoms with Gasteiger partial charge in [0.2, 0.25) is 0 Å². The predicted molar refractivity (Wildman–Crippen MR) is 68.6 cm³/mol. The van der Waals surface area contributed by atoms with Crippen molar-refractivity contribution in [2.45, 2.75) is 6.92 Å². The molecule has 5 nitrogen and oxygen atoms in total. The molecule has 1 saturated heterocycles. The maximum Gasteiger partial charge on any atom is 0.292 e. The first-order chi connectivity index (χ1) is 8.09. The second-order valence-electron chi connectivity index (χ2n) is 3.95. The van der Waals surface area contributed by atoms with E-state index >= 15 is 0 Å². The Morgan fingerprint density at radius 3 is 2.65 bits per heavy atom. The summed E-state index contributed by atoms with van der Waals surface area (Å²) in [6.07, 6.45) is 0. The van der Waals surface area contributed by atoms with Crippen LogP contribution in [0.15, 0.2) is 16.6 Å². The second kappa shape index (κ2) is 5.01. The van der Waals surface area contributed by atoms with Crippen LogP contribution in [0.4, 0.5) is 11.4 Å². The summed E-state index contributed by atoms with van der Waals surface area (Å²) in [5, 5.41) is 11.1. The summed E-state index contributed by atoms with van der Waals surface area (Å²) in [5.41, 5.74) is 1.69. The molecule has 0 aliphatic carbocycles. The van der Waals surface area contributed by atoms with Crippen LogP contribution >= 0.6 is 15.9 Å². The van der Waals surface area contributed by atoms with Crippen LogP contribution in [-0.2, 0) is 4.74 Å². The van der Waals surface area contributed by atoms with Crippen molar-refractivity contribution in [2.24, 2.45) is 0 Å². The van der Waals surface area contributed by atoms with Crippen molar-refractivity contribution < 1.29 is 9.66 Å². The van der Waals surface area contributed by atoms with Gasteiger partial charge in [-0.2, -0.15) is 0 Å². The minimum absolute atomic E-state index is 0.160. The fraction of sp³-hybridized carbons (Fsp3) is 0.455. The molecule has 1 aromatic rings. The van der Waals surface area contributed by atoms with E-state index in [4.69, 9.17) is 4.74 Å². The lowest BCUT2D eigenvalue weighted by Gasteiger charge is -2.28. The Kier molecular flexibility index (Phi) is 3.63. The van der Waals surface area contributed by atoms with Crippen molar-refractivity contribution in [1.82, 2.24) is 0 Å². The van der Waals surface area contributed by atoms with E-state index in [-0.39, 0.29) is 10.6 Å². The van der Waals surface area contributed by atoms with E-state index in [9.17, 15) is 10.1 Å². The minimum atomic E-state index is -0.329. The van der Waals surface area contributed by atoms with Crippen molar-refractivity contribution in [3.63, 3.8) is 0 Å². The molecular weight excluding hydrogens is 288 g/mol. The lowest BCUT2D eigenvalue weighted by molar-refractivity contribution is -0.384. The molecule has 1 aromatic carbocycles. The number of nitrogens with zero attached hydrogens (tertiary/aromatic N) is 2. The Morgan fingerprint density at radius 1 is 1.41 bits per heavy atom. The molecule has 0 saturated carbocycles. The summed E-state index contributed by atoms with van der Waals surface area (Å²) in [6, 6.07) is 3.42. The third-order valence-electron chi connectivity index (χ3n) is 2.80. The SMILES string of the molecule is Cc1cc([N+](=O)[O-])c(N2CCOCC2)cc1Br. The van der Waals surface area contributed by atoms with Crippen molar-refractivity contribution >= 4 is 27.3 Å². The number of morpholine rings is 1. The molecule has 0 spiro atoms. The Balaban J connectivity index is 2.42. The van der Waals surface area contributed by atoms with Crippen molar-refractivity contribution in [3.05, 3.63) is 32.3 Å². The smallest absolute Gasteiger partial charge is 0.292 e. The van der Waals surface area contributed by atoms with Crippen molar-refractivity contribution in [2.75, 3.05) is 31.2 Å². The Morgan fingerprint density at radius 2 is 2.06 bits per heavy atom. The minimum Gasteiger partial charge on any atom is -0.378 e. The van der Waals surface area contributed by atoms with Gasteiger partial charge in [-0.3, -0.25) is 10.1 Å². The number of ether oxygens (including phenoxy) is 1. The molecule has 1 aliphatic rings. The Hall–Kier alpha value is -1.14. The van der Waals surface area contributed by atoms with Gasteiger partial charge < -0.3 is 9.64 Å². The summed E-state index contributed by atoms with van der Waals surface area (Å²) in [4.78, 5) is 12.7. The number of anilines is 1. The first kappa shape index (κ1) is 12.3. The van der Waals surface area contributed by atoms with Gasteiger partial charge in [0.1, 0.15) is 5.69 Å². The van der Waals surface area contributed by atoms with E-state index in [1.54, 1.807) is 6.07 Å². The van der Waals surface area contributed by atoms with E-state index in [0.717, 1.165) is 10.0 Å². The molecule has 0 radical (unpaired) electrons. The molecular formula is C11H13BrN2O3. The van der Waals surface area contributed by atoms with E-state index in [1.807, 2.05) is 17.9 Å². The number of halogens is 1. The molecule has 0 bridgehead atoms. The average molecular weight is 301 g/mol. The molecule has 17 heavy (non-hydrogen) atoms. The van der Waals surface area contributed by atoms with E-state index in [0.29, 0.717) is 32.0 Å². The highest BCUT2D eigenvalue weighted by Gasteiger charge is 2.22. The van der Waals surface area contributed by atoms with Gasteiger partial charge in [0, 0.05) is 23.6 Å². The van der Waals surface area contributed by atoms with Crippen LogP contribution in [0.2, 0.25) is 0 Å². The lowest BCUT2D eigenvalue weighted by Crippen LogP contribution is -2.36. The largest absolute Gasteiger partial charge is 0.378 e. The van der Waals surface area contributed by atoms with Crippen molar-refractivity contribution in [3.8, 4) is 0 Å². The average Bonchev–Trinajstić information content (AvgIpc) is 2.33. The molecule has 1 aliphatic heterocycles. The number of rotatable bonds is 2. The Labute approximate surface area is 108 Å². The first-order valence-corrected chi connectivity index (χ1v) is 6.16. The predicted octanol–water partition coefficient (Wildman–Crippen LogP) is 2.50. The highest BCUT2D eigenvalue weighted by Crippen LogP contribution is 2.34. The van der Waals surface area contributed by atoms with Gasteiger partial charge in [-0.1, -0.05) is 15.9 Å². The van der Waals surface area contributed by atoms with Gasteiger partial charge in [-0.05, 0) is 18.6 Å². The normalized spacial score (nSPS) is 16.0. The fourth-order valence-corrected chi connectivity index (χ4v) is 2.19. The summed E-state index contributed by atoms with van der Waals surface area (Å²) >= 11 is 3.42. The summed E-state index contributed by atoms with van der Waals surface area (Å²) < 4.78 is 6.15. The zero-order valence-electron chi connectivity index (χ0n) is 9.48. The molecule has 0 atom stereocenters. The number of benzene rings is 1. The molecule has 0 amide bonds. The highest BCUT2D eigenvalue weighted by atomic mass is 79.9. The molecule has 0 N–H and O–H groups in total. The summed E-state index contributed by atoms with van der Waals surface area (Å²) in [5.74, 6) is 0. The van der Waals surface area contributed by atoms with Gasteiger partial charge in [0.25, 0.3) is 5.69 Å². The van der Waals surface area contributed by atoms with Crippen LogP contribution in [0.25, 0.3) is 0 Å². The quantitative estimate of drug-likeness (QED) is 0.622. The third-order valence-corrected chi connectivity index (χ3v) is 3.66. The maximum absolute atomic E-state index is 11.1. The van der Waals surface area contributed by atoms with Crippen LogP contribution in [0.3, 0.4) is 0 Å². The number of hydrogen-bond acceptors (Lipinski definition) is 4. The maximum atomic E-state index is 11.1. The summed E-state index contributed by atoms with van der Waals surface area (Å²) in [7, 11) is 0. The van der Waals surface area contributed by atoms with E-state index in [1.165, 1.54) is 0 Å². The molecule has 1 heterocycles. The molecule has 2 rings (SSSR count). The number of nitro groups is 1. The van der Waals surface area contributed by atoms with Crippen LogP contribution in [0, 0.1) is 17.0 Å².